The first-order valence-corrected chi connectivity index (χ1v) is 13.6. The standard InChI is InChI=1S/C24H26N2O4S2/c1-3-20-17(2)23(32(29,30)26-14-12-18-7-6-13-25-16-18)15-24-21(20)11-10-19-8-4-5-9-22(19)31(24,27)28/h4-9,13,15-16,26H,3,10-12,14H2,1-2H3. The van der Waals surface area contributed by atoms with Gasteiger partial charge in [-0.3, -0.25) is 4.98 Å². The minimum absolute atomic E-state index is 0.0299. The van der Waals surface area contributed by atoms with Crippen LogP contribution in [0.3, 0.4) is 0 Å². The van der Waals surface area contributed by atoms with Crippen LogP contribution in [0.15, 0.2) is 69.5 Å². The maximum absolute atomic E-state index is 13.6. The summed E-state index contributed by atoms with van der Waals surface area (Å²) in [4.78, 5) is 4.44. The second-order valence-electron chi connectivity index (χ2n) is 7.93. The van der Waals surface area contributed by atoms with Crippen LogP contribution in [0.1, 0.15) is 34.7 Å². The van der Waals surface area contributed by atoms with E-state index in [1.54, 1.807) is 37.5 Å². The van der Waals surface area contributed by atoms with Crippen LogP contribution in [0.5, 0.6) is 0 Å². The molecule has 0 unspecified atom stereocenters. The molecule has 32 heavy (non-hydrogen) atoms. The van der Waals surface area contributed by atoms with Crippen LogP contribution < -0.4 is 4.72 Å². The van der Waals surface area contributed by atoms with Crippen LogP contribution >= 0.6 is 0 Å². The SMILES string of the molecule is CCc1c(C)c(S(=O)(=O)NCCc2cccnc2)cc2c1CCc1ccccc1S2(=O)=O. The first-order valence-electron chi connectivity index (χ1n) is 10.6. The van der Waals surface area contributed by atoms with Crippen LogP contribution in [0, 0.1) is 6.92 Å². The number of rotatable bonds is 6. The van der Waals surface area contributed by atoms with Gasteiger partial charge < -0.3 is 0 Å². The van der Waals surface area contributed by atoms with Gasteiger partial charge in [-0.1, -0.05) is 31.2 Å². The minimum Gasteiger partial charge on any atom is -0.264 e. The average molecular weight is 471 g/mol. The predicted octanol–water partition coefficient (Wildman–Crippen LogP) is 3.40. The third-order valence-electron chi connectivity index (χ3n) is 6.01. The van der Waals surface area contributed by atoms with Gasteiger partial charge in [0.05, 0.1) is 14.7 Å². The van der Waals surface area contributed by atoms with Gasteiger partial charge in [-0.15, -0.1) is 0 Å². The number of sulfone groups is 1. The van der Waals surface area contributed by atoms with Crippen LogP contribution in [-0.2, 0) is 45.5 Å². The highest BCUT2D eigenvalue weighted by molar-refractivity contribution is 7.92. The molecule has 3 aromatic rings. The Hall–Kier alpha value is -2.55. The number of benzene rings is 2. The molecule has 0 aliphatic carbocycles. The van der Waals surface area contributed by atoms with Gasteiger partial charge in [0.15, 0.2) is 0 Å². The minimum atomic E-state index is -3.90. The maximum Gasteiger partial charge on any atom is 0.240 e. The Labute approximate surface area is 189 Å². The highest BCUT2D eigenvalue weighted by Crippen LogP contribution is 2.37. The summed E-state index contributed by atoms with van der Waals surface area (Å²) in [6, 6.07) is 12.0. The van der Waals surface area contributed by atoms with Crippen LogP contribution in [-0.4, -0.2) is 28.4 Å². The number of pyridine rings is 1. The highest BCUT2D eigenvalue weighted by Gasteiger charge is 2.32. The summed E-state index contributed by atoms with van der Waals surface area (Å²) in [7, 11) is -7.74. The lowest BCUT2D eigenvalue weighted by Gasteiger charge is -2.19. The molecule has 6 nitrogen and oxygen atoms in total. The monoisotopic (exact) mass is 470 g/mol. The zero-order chi connectivity index (χ0) is 22.9. The number of nitrogens with zero attached hydrogens (tertiary/aromatic N) is 1. The zero-order valence-electron chi connectivity index (χ0n) is 18.1. The molecule has 0 atom stereocenters. The van der Waals surface area contributed by atoms with Crippen molar-refractivity contribution in [1.82, 2.24) is 9.71 Å². The highest BCUT2D eigenvalue weighted by atomic mass is 32.2. The molecule has 8 heteroatoms. The zero-order valence-corrected chi connectivity index (χ0v) is 19.8. The lowest BCUT2D eigenvalue weighted by molar-refractivity contribution is 0.580. The van der Waals surface area contributed by atoms with E-state index in [9.17, 15) is 16.8 Å². The summed E-state index contributed by atoms with van der Waals surface area (Å²) in [5.41, 5.74) is 3.83. The number of aryl methyl sites for hydroxylation is 1. The average Bonchev–Trinajstić information content (AvgIpc) is 2.88. The lowest BCUT2D eigenvalue weighted by Crippen LogP contribution is -2.27. The van der Waals surface area contributed by atoms with Gasteiger partial charge in [0.2, 0.25) is 19.9 Å². The number of nitrogens with one attached hydrogen (secondary N) is 1. The van der Waals surface area contributed by atoms with Gasteiger partial charge in [0, 0.05) is 18.9 Å². The van der Waals surface area contributed by atoms with E-state index in [2.05, 4.69) is 9.71 Å². The van der Waals surface area contributed by atoms with E-state index in [1.807, 2.05) is 25.1 Å². The Balaban J connectivity index is 1.77. The predicted molar refractivity (Wildman–Crippen MR) is 123 cm³/mol. The molecular formula is C24H26N2O4S2. The van der Waals surface area contributed by atoms with Crippen molar-refractivity contribution in [3.05, 3.63) is 82.7 Å². The summed E-state index contributed by atoms with van der Waals surface area (Å²) in [6.07, 6.45) is 5.57. The molecule has 168 valence electrons. The van der Waals surface area contributed by atoms with Gasteiger partial charge in [-0.05, 0) is 78.6 Å². The van der Waals surface area contributed by atoms with Crippen LogP contribution in [0.4, 0.5) is 0 Å². The fraction of sp³-hybridized carbons (Fsp3) is 0.292. The lowest BCUT2D eigenvalue weighted by atomic mass is 9.95. The molecule has 0 radical (unpaired) electrons. The Morgan fingerprint density at radius 2 is 1.84 bits per heavy atom. The van der Waals surface area contributed by atoms with Gasteiger partial charge in [-0.2, -0.15) is 0 Å². The van der Waals surface area contributed by atoms with Gasteiger partial charge >= 0.3 is 0 Å². The van der Waals surface area contributed by atoms with E-state index in [4.69, 9.17) is 0 Å². The van der Waals surface area contributed by atoms with E-state index < -0.39 is 19.9 Å². The molecule has 1 N–H and O–H groups in total. The van der Waals surface area contributed by atoms with Gasteiger partial charge in [0.25, 0.3) is 0 Å². The third kappa shape index (κ3) is 4.10. The number of hydrogen-bond donors (Lipinski definition) is 1. The molecule has 0 amide bonds. The topological polar surface area (TPSA) is 93.2 Å². The van der Waals surface area contributed by atoms with Crippen molar-refractivity contribution in [1.29, 1.82) is 0 Å². The first-order chi connectivity index (χ1) is 15.3. The first kappa shape index (κ1) is 22.6. The Morgan fingerprint density at radius 3 is 2.56 bits per heavy atom. The number of fused-ring (bicyclic) bond motifs is 2. The normalized spacial score (nSPS) is 14.9. The quantitative estimate of drug-likeness (QED) is 0.596. The molecular weight excluding hydrogens is 444 g/mol. The van der Waals surface area contributed by atoms with Crippen LogP contribution in [0.2, 0.25) is 0 Å². The van der Waals surface area contributed by atoms with Crippen molar-refractivity contribution in [3.63, 3.8) is 0 Å². The van der Waals surface area contributed by atoms with Crippen molar-refractivity contribution in [2.24, 2.45) is 0 Å². The fourth-order valence-electron chi connectivity index (χ4n) is 4.41. The van der Waals surface area contributed by atoms with Crippen molar-refractivity contribution in [3.8, 4) is 0 Å². The summed E-state index contributed by atoms with van der Waals surface area (Å²) in [5.74, 6) is 0. The number of aromatic nitrogens is 1. The number of sulfonamides is 1. The smallest absolute Gasteiger partial charge is 0.240 e. The Kier molecular flexibility index (Phi) is 6.20. The van der Waals surface area contributed by atoms with E-state index in [0.29, 0.717) is 31.2 Å². The Morgan fingerprint density at radius 1 is 1.06 bits per heavy atom. The van der Waals surface area contributed by atoms with E-state index >= 15 is 0 Å². The molecule has 4 rings (SSSR count). The van der Waals surface area contributed by atoms with Gasteiger partial charge in [-0.25, -0.2) is 21.6 Å². The fourth-order valence-corrected chi connectivity index (χ4v) is 7.65. The van der Waals surface area contributed by atoms with E-state index in [-0.39, 0.29) is 21.2 Å². The summed E-state index contributed by atoms with van der Waals surface area (Å²) in [6.45, 7) is 3.89. The van der Waals surface area contributed by atoms with E-state index in [1.165, 1.54) is 6.07 Å². The molecule has 1 aromatic heterocycles. The molecule has 0 spiro atoms. The molecule has 0 fully saturated rings. The largest absolute Gasteiger partial charge is 0.264 e. The summed E-state index contributed by atoms with van der Waals surface area (Å²) < 4.78 is 56.2. The second-order valence-corrected chi connectivity index (χ2v) is 11.6. The maximum atomic E-state index is 13.6. The molecule has 2 aromatic carbocycles. The third-order valence-corrected chi connectivity index (χ3v) is 9.52. The molecule has 2 heterocycles. The summed E-state index contributed by atoms with van der Waals surface area (Å²) >= 11 is 0. The Bertz CT molecular complexity index is 1370. The molecule has 1 aliphatic heterocycles. The molecule has 0 bridgehead atoms. The van der Waals surface area contributed by atoms with Crippen LogP contribution in [0.25, 0.3) is 0 Å². The van der Waals surface area contributed by atoms with Crippen molar-refractivity contribution >= 4 is 19.9 Å². The molecule has 0 saturated carbocycles. The van der Waals surface area contributed by atoms with E-state index in [0.717, 1.165) is 22.3 Å². The number of hydrogen-bond acceptors (Lipinski definition) is 5. The summed E-state index contributed by atoms with van der Waals surface area (Å²) in [5, 5.41) is 0. The van der Waals surface area contributed by atoms with Crippen molar-refractivity contribution in [2.75, 3.05) is 6.54 Å². The molecule has 0 saturated heterocycles. The van der Waals surface area contributed by atoms with Crippen molar-refractivity contribution in [2.45, 2.75) is 54.2 Å². The second kappa shape index (κ2) is 8.77. The molecule has 1 aliphatic rings. The van der Waals surface area contributed by atoms with Gasteiger partial charge in [0.1, 0.15) is 0 Å². The van der Waals surface area contributed by atoms with Crippen molar-refractivity contribution < 1.29 is 16.8 Å².